The molecule has 15 nitrogen and oxygen atoms in total. The van der Waals surface area contributed by atoms with E-state index < -0.39 is 35.3 Å². The number of pyridine rings is 1. The zero-order chi connectivity index (χ0) is 49.0. The SMILES string of the molecule is CC(C)c1cccc(C(C)C)c1N=C(O)c1cc(Oc2ccc(O)cc2)c2c3ccc(C(=O)O)c4c(C(=O)O)cc(Oc5ccc(O)cc5)c(c5ccc(C(O)=Nc6ncccc6C(=O)O)c1c52)c43. The number of aliphatic hydroxyl groups is 2. The van der Waals surface area contributed by atoms with Gasteiger partial charge in [-0.15, -0.1) is 0 Å². The minimum Gasteiger partial charge on any atom is -0.508 e. The summed E-state index contributed by atoms with van der Waals surface area (Å²) in [6, 6.07) is 28.4. The van der Waals surface area contributed by atoms with Crippen molar-refractivity contribution in [2.24, 2.45) is 9.98 Å². The van der Waals surface area contributed by atoms with Crippen molar-refractivity contribution in [3.8, 4) is 34.5 Å². The Kier molecular flexibility index (Phi) is 11.4. The highest BCUT2D eigenvalue weighted by atomic mass is 16.5. The van der Waals surface area contributed by atoms with Crippen molar-refractivity contribution in [3.63, 3.8) is 0 Å². The summed E-state index contributed by atoms with van der Waals surface area (Å²) in [6.45, 7) is 7.99. The normalized spacial score (nSPS) is 12.2. The Labute approximate surface area is 392 Å². The molecule has 0 fully saturated rings. The number of hydrogen-bond acceptors (Lipinski definition) is 10. The van der Waals surface area contributed by atoms with Crippen LogP contribution in [0.5, 0.6) is 34.5 Å². The molecule has 1 heterocycles. The van der Waals surface area contributed by atoms with Crippen LogP contribution < -0.4 is 9.47 Å². The van der Waals surface area contributed by atoms with Crippen molar-refractivity contribution in [3.05, 3.63) is 160 Å². The first-order valence-corrected chi connectivity index (χ1v) is 21.6. The molecule has 0 saturated carbocycles. The molecule has 9 aromatic rings. The van der Waals surface area contributed by atoms with Crippen LogP contribution in [0.3, 0.4) is 0 Å². The van der Waals surface area contributed by atoms with Crippen LogP contribution in [0, 0.1) is 0 Å². The van der Waals surface area contributed by atoms with E-state index in [1.807, 2.05) is 45.9 Å². The number of benzene rings is 8. The summed E-state index contributed by atoms with van der Waals surface area (Å²) in [5.41, 5.74) is 1.08. The monoisotopic (exact) mass is 923 g/mol. The lowest BCUT2D eigenvalue weighted by Crippen LogP contribution is -2.10. The molecule has 8 aromatic carbocycles. The highest BCUT2D eigenvalue weighted by Crippen LogP contribution is 2.52. The van der Waals surface area contributed by atoms with Gasteiger partial charge in [0.1, 0.15) is 40.1 Å². The van der Waals surface area contributed by atoms with Crippen LogP contribution in [0.15, 0.2) is 131 Å². The second-order valence-electron chi connectivity index (χ2n) is 16.9. The van der Waals surface area contributed by atoms with Gasteiger partial charge in [-0.25, -0.2) is 24.4 Å². The van der Waals surface area contributed by atoms with Crippen molar-refractivity contribution >= 4 is 84.3 Å². The zero-order valence-electron chi connectivity index (χ0n) is 37.2. The number of aromatic hydroxyl groups is 2. The van der Waals surface area contributed by atoms with E-state index in [0.29, 0.717) is 11.1 Å². The molecule has 0 unspecified atom stereocenters. The maximum Gasteiger partial charge on any atom is 0.339 e. The van der Waals surface area contributed by atoms with Crippen LogP contribution in [-0.4, -0.2) is 70.4 Å². The lowest BCUT2D eigenvalue weighted by atomic mass is 9.83. The van der Waals surface area contributed by atoms with Gasteiger partial charge in [0.25, 0.3) is 0 Å². The van der Waals surface area contributed by atoms with Gasteiger partial charge in [-0.1, -0.05) is 58.0 Å². The van der Waals surface area contributed by atoms with Crippen LogP contribution in [0.1, 0.15) is 92.9 Å². The van der Waals surface area contributed by atoms with E-state index >= 15 is 0 Å². The van der Waals surface area contributed by atoms with Crippen LogP contribution in [0.2, 0.25) is 0 Å². The molecule has 0 atom stereocenters. The average molecular weight is 924 g/mol. The topological polar surface area (TPSA) is 249 Å². The molecule has 9 rings (SSSR count). The number of aliphatic imine (C=N–C) groups is 2. The van der Waals surface area contributed by atoms with Gasteiger partial charge in [0.15, 0.2) is 5.82 Å². The summed E-state index contributed by atoms with van der Waals surface area (Å²) in [6.07, 6.45) is 1.31. The number of aliphatic hydroxyl groups excluding tert-OH is 2. The highest BCUT2D eigenvalue weighted by molar-refractivity contribution is 6.40. The first-order valence-electron chi connectivity index (χ1n) is 21.6. The van der Waals surface area contributed by atoms with Gasteiger partial charge in [-0.05, 0) is 119 Å². The third-order valence-corrected chi connectivity index (χ3v) is 11.9. The van der Waals surface area contributed by atoms with Gasteiger partial charge in [0.05, 0.1) is 16.8 Å². The number of rotatable bonds is 13. The van der Waals surface area contributed by atoms with E-state index in [9.17, 15) is 50.1 Å². The minimum atomic E-state index is -1.46. The fourth-order valence-corrected chi connectivity index (χ4v) is 8.81. The van der Waals surface area contributed by atoms with E-state index in [1.54, 1.807) is 6.07 Å². The summed E-state index contributed by atoms with van der Waals surface area (Å²) in [5.74, 6) is -5.57. The summed E-state index contributed by atoms with van der Waals surface area (Å²) < 4.78 is 13.1. The number of carbonyl (C=O) groups is 3. The number of para-hydroxylation sites is 1. The van der Waals surface area contributed by atoms with Gasteiger partial charge in [0.2, 0.25) is 11.8 Å². The van der Waals surface area contributed by atoms with E-state index in [4.69, 9.17) is 14.5 Å². The predicted octanol–water partition coefficient (Wildman–Crippen LogP) is 12.7. The highest BCUT2D eigenvalue weighted by Gasteiger charge is 2.30. The molecule has 0 aliphatic carbocycles. The predicted molar refractivity (Wildman–Crippen MR) is 261 cm³/mol. The van der Waals surface area contributed by atoms with E-state index in [2.05, 4.69) is 9.98 Å². The van der Waals surface area contributed by atoms with Crippen LogP contribution >= 0.6 is 0 Å². The average Bonchev–Trinajstić information content (AvgIpc) is 3.31. The fraction of sp³-hybridized carbons (Fsp3) is 0.111. The fourth-order valence-electron chi connectivity index (χ4n) is 8.81. The number of fused-ring (bicyclic) bond motifs is 2. The molecule has 0 saturated heterocycles. The molecular weight excluding hydrogens is 883 g/mol. The first-order chi connectivity index (χ1) is 33.0. The summed E-state index contributed by atoms with van der Waals surface area (Å²) >= 11 is 0. The van der Waals surface area contributed by atoms with Crippen molar-refractivity contribution in [1.82, 2.24) is 4.98 Å². The van der Waals surface area contributed by atoms with Crippen molar-refractivity contribution < 1.29 is 59.6 Å². The number of aromatic carboxylic acids is 3. The molecule has 15 heteroatoms. The van der Waals surface area contributed by atoms with E-state index in [0.717, 1.165) is 11.1 Å². The number of ether oxygens (including phenoxy) is 2. The quantitative estimate of drug-likeness (QED) is 0.0246. The lowest BCUT2D eigenvalue weighted by molar-refractivity contribution is 0.0684. The molecule has 0 aliphatic rings. The summed E-state index contributed by atoms with van der Waals surface area (Å²) in [7, 11) is 0. The maximum atomic E-state index is 13.2. The van der Waals surface area contributed by atoms with Gasteiger partial charge in [0, 0.05) is 49.6 Å². The Bertz CT molecular complexity index is 3610. The zero-order valence-corrected chi connectivity index (χ0v) is 37.2. The standard InChI is InChI=1S/C54H41N3O12/c1-25(2)31-7-5-8-32(26(3)4)48(31)56-51(61)38-23-40(68-29-14-10-27(58)11-15-29)44-34-19-21-36(52(62)63)43-39(54(66)67)24-41(69-30-16-12-28(59)13-17-30)45(47(34)43)33-18-20-35(42(38)46(33)44)50(60)57-49-37(53(64)65)9-6-22-55-49/h5-26,58-59H,1-4H3,(H,56,61)(H,62,63)(H,64,65)(H,66,67)(H,55,57,60). The van der Waals surface area contributed by atoms with E-state index in [1.165, 1.54) is 97.2 Å². The number of aromatic nitrogens is 1. The molecule has 69 heavy (non-hydrogen) atoms. The van der Waals surface area contributed by atoms with Gasteiger partial charge in [-0.2, -0.15) is 4.99 Å². The number of carboxylic acids is 3. The first kappa shape index (κ1) is 44.9. The molecule has 7 N–H and O–H groups in total. The number of nitrogens with zero attached hydrogens (tertiary/aromatic N) is 3. The molecule has 0 aliphatic heterocycles. The molecule has 0 bridgehead atoms. The molecular formula is C54H41N3O12. The molecule has 0 spiro atoms. The second-order valence-corrected chi connectivity index (χ2v) is 16.9. The number of hydrogen-bond donors (Lipinski definition) is 7. The Morgan fingerprint density at radius 3 is 1.43 bits per heavy atom. The van der Waals surface area contributed by atoms with Gasteiger partial charge >= 0.3 is 17.9 Å². The Morgan fingerprint density at radius 2 is 0.942 bits per heavy atom. The molecule has 1 aromatic heterocycles. The van der Waals surface area contributed by atoms with Crippen molar-refractivity contribution in [2.75, 3.05) is 0 Å². The van der Waals surface area contributed by atoms with Crippen molar-refractivity contribution in [1.29, 1.82) is 0 Å². The van der Waals surface area contributed by atoms with Gasteiger partial charge in [-0.3, -0.25) is 0 Å². The minimum absolute atomic E-state index is 0.00104. The number of phenolic OH excluding ortho intramolecular Hbond substituents is 2. The van der Waals surface area contributed by atoms with E-state index in [-0.39, 0.29) is 112 Å². The third-order valence-electron chi connectivity index (χ3n) is 11.9. The molecule has 0 radical (unpaired) electrons. The largest absolute Gasteiger partial charge is 0.508 e. The summed E-state index contributed by atoms with van der Waals surface area (Å²) in [4.78, 5) is 51.9. The van der Waals surface area contributed by atoms with Gasteiger partial charge < -0.3 is 45.2 Å². The van der Waals surface area contributed by atoms with Crippen LogP contribution in [0.4, 0.5) is 11.5 Å². The number of carboxylic acid groups (broad SMARTS) is 3. The van der Waals surface area contributed by atoms with Crippen LogP contribution in [-0.2, 0) is 0 Å². The Balaban J connectivity index is 1.53. The Morgan fingerprint density at radius 1 is 0.478 bits per heavy atom. The van der Waals surface area contributed by atoms with Crippen LogP contribution in [0.25, 0.3) is 43.1 Å². The second kappa shape index (κ2) is 17.5. The lowest BCUT2D eigenvalue weighted by Gasteiger charge is -2.23. The molecule has 344 valence electrons. The number of phenols is 2. The third kappa shape index (κ3) is 8.01. The van der Waals surface area contributed by atoms with Crippen molar-refractivity contribution in [2.45, 2.75) is 39.5 Å². The smallest absolute Gasteiger partial charge is 0.339 e. The molecule has 0 amide bonds. The summed E-state index contributed by atoms with van der Waals surface area (Å²) in [5, 5.41) is 78.0. The Hall–Kier alpha value is -9.24. The maximum absolute atomic E-state index is 13.2.